The van der Waals surface area contributed by atoms with Crippen molar-refractivity contribution in [1.29, 1.82) is 0 Å². The lowest BCUT2D eigenvalue weighted by molar-refractivity contribution is -0.274. The van der Waals surface area contributed by atoms with E-state index < -0.39 is 6.36 Å². The van der Waals surface area contributed by atoms with Crippen LogP contribution in [0.5, 0.6) is 11.5 Å². The van der Waals surface area contributed by atoms with E-state index in [1.807, 2.05) is 0 Å². The number of rotatable bonds is 4. The summed E-state index contributed by atoms with van der Waals surface area (Å²) in [6.07, 6.45) is -4.74. The molecule has 146 valence electrons. The number of ether oxygens (including phenoxy) is 1. The predicted octanol–water partition coefficient (Wildman–Crippen LogP) is 4.70. The maximum absolute atomic E-state index is 12.4. The highest BCUT2D eigenvalue weighted by Gasteiger charge is 2.32. The van der Waals surface area contributed by atoms with Crippen molar-refractivity contribution >= 4 is 27.5 Å². The van der Waals surface area contributed by atoms with Crippen molar-refractivity contribution in [2.45, 2.75) is 12.4 Å². The lowest BCUT2D eigenvalue weighted by atomic mass is 9.95. The highest BCUT2D eigenvalue weighted by atomic mass is 79.9. The monoisotopic (exact) mass is 464 g/mol. The Morgan fingerprint density at radius 1 is 1.11 bits per heavy atom. The van der Waals surface area contributed by atoms with Crippen LogP contribution in [-0.2, 0) is 0 Å². The molecule has 27 heavy (non-hydrogen) atoms. The van der Waals surface area contributed by atoms with Gasteiger partial charge >= 0.3 is 6.36 Å². The zero-order valence-electron chi connectivity index (χ0n) is 14.1. The van der Waals surface area contributed by atoms with E-state index in [0.717, 1.165) is 18.7 Å². The van der Waals surface area contributed by atoms with Gasteiger partial charge in [-0.2, -0.15) is 0 Å². The van der Waals surface area contributed by atoms with Crippen molar-refractivity contribution in [2.75, 3.05) is 26.2 Å². The number of phenolic OH excluding ortho intramolecular Hbond substituents is 1. The topological polar surface area (TPSA) is 44.7 Å². The van der Waals surface area contributed by atoms with Crippen LogP contribution < -0.4 is 10.1 Å². The van der Waals surface area contributed by atoms with Gasteiger partial charge in [0.25, 0.3) is 0 Å². The molecule has 0 amide bonds. The summed E-state index contributed by atoms with van der Waals surface area (Å²) in [6.45, 7) is 2.96. The number of nitrogens with one attached hydrogen (secondary N) is 1. The molecule has 0 unspecified atom stereocenters. The number of hydrogen-bond donors (Lipinski definition) is 2. The van der Waals surface area contributed by atoms with E-state index in [1.54, 1.807) is 24.3 Å². The first-order chi connectivity index (χ1) is 12.8. The van der Waals surface area contributed by atoms with E-state index in [4.69, 9.17) is 11.6 Å². The van der Waals surface area contributed by atoms with Crippen LogP contribution >= 0.6 is 27.5 Å². The number of phenols is 1. The first-order valence-corrected chi connectivity index (χ1v) is 9.40. The average molecular weight is 466 g/mol. The van der Waals surface area contributed by atoms with Crippen LogP contribution in [0, 0.1) is 0 Å². The summed E-state index contributed by atoms with van der Waals surface area (Å²) in [5.41, 5.74) is 1.30. The van der Waals surface area contributed by atoms with Gasteiger partial charge in [-0.05, 0) is 29.8 Å². The highest BCUT2D eigenvalue weighted by molar-refractivity contribution is 9.10. The summed E-state index contributed by atoms with van der Waals surface area (Å²) in [6, 6.07) is 8.63. The molecule has 2 aromatic rings. The minimum Gasteiger partial charge on any atom is -0.506 e. The largest absolute Gasteiger partial charge is 0.573 e. The lowest BCUT2D eigenvalue weighted by Crippen LogP contribution is -2.45. The van der Waals surface area contributed by atoms with E-state index in [9.17, 15) is 18.3 Å². The molecule has 2 aromatic carbocycles. The molecule has 2 N–H and O–H groups in total. The Morgan fingerprint density at radius 2 is 1.74 bits per heavy atom. The molecule has 1 aliphatic rings. The van der Waals surface area contributed by atoms with Crippen molar-refractivity contribution < 1.29 is 23.0 Å². The molecule has 0 aromatic heterocycles. The zero-order chi connectivity index (χ0) is 19.6. The summed E-state index contributed by atoms with van der Waals surface area (Å²) in [5, 5.41) is 14.0. The van der Waals surface area contributed by atoms with Crippen LogP contribution in [0.1, 0.15) is 17.2 Å². The quantitative estimate of drug-likeness (QED) is 0.687. The summed E-state index contributed by atoms with van der Waals surface area (Å²) < 4.78 is 41.9. The third-order valence-electron chi connectivity index (χ3n) is 4.33. The van der Waals surface area contributed by atoms with Gasteiger partial charge in [0.15, 0.2) is 0 Å². The summed E-state index contributed by atoms with van der Waals surface area (Å²) in [4.78, 5) is 2.15. The molecule has 4 nitrogen and oxygen atoms in total. The van der Waals surface area contributed by atoms with Gasteiger partial charge in [0.2, 0.25) is 0 Å². The van der Waals surface area contributed by atoms with Crippen molar-refractivity contribution in [3.05, 3.63) is 57.0 Å². The molecule has 0 bridgehead atoms. The standard InChI is InChI=1S/C18H17BrClF3N2O2/c19-13-5-6-14(20)17(26)15(13)16(25-9-7-24-8-10-25)11-1-3-12(4-2-11)27-18(21,22)23/h1-6,16,24,26H,7-10H2/t16-/m0/s1. The predicted molar refractivity (Wildman–Crippen MR) is 100 cm³/mol. The van der Waals surface area contributed by atoms with E-state index >= 15 is 0 Å². The van der Waals surface area contributed by atoms with E-state index in [-0.39, 0.29) is 22.6 Å². The van der Waals surface area contributed by atoms with E-state index in [2.05, 4.69) is 30.9 Å². The number of aromatic hydroxyl groups is 1. The van der Waals surface area contributed by atoms with Gasteiger partial charge in [0, 0.05) is 36.2 Å². The van der Waals surface area contributed by atoms with Crippen LogP contribution in [0.15, 0.2) is 40.9 Å². The van der Waals surface area contributed by atoms with Crippen molar-refractivity contribution in [3.63, 3.8) is 0 Å². The van der Waals surface area contributed by atoms with Crippen LogP contribution in [0.3, 0.4) is 0 Å². The van der Waals surface area contributed by atoms with Crippen LogP contribution in [0.25, 0.3) is 0 Å². The van der Waals surface area contributed by atoms with Gasteiger partial charge in [-0.3, -0.25) is 4.90 Å². The van der Waals surface area contributed by atoms with Crippen LogP contribution in [0.4, 0.5) is 13.2 Å². The van der Waals surface area contributed by atoms with E-state index in [1.165, 1.54) is 12.1 Å². The number of hydrogen-bond acceptors (Lipinski definition) is 4. The first-order valence-electron chi connectivity index (χ1n) is 8.23. The number of piperazine rings is 1. The maximum Gasteiger partial charge on any atom is 0.573 e. The minimum atomic E-state index is -4.74. The fourth-order valence-electron chi connectivity index (χ4n) is 3.17. The molecule has 3 rings (SSSR count). The molecule has 9 heteroatoms. The minimum absolute atomic E-state index is 0.0507. The molecule has 0 saturated carbocycles. The Bertz CT molecular complexity index is 796. The second-order valence-electron chi connectivity index (χ2n) is 6.10. The smallest absolute Gasteiger partial charge is 0.506 e. The molecular weight excluding hydrogens is 449 g/mol. The maximum atomic E-state index is 12.4. The van der Waals surface area contributed by atoms with Gasteiger partial charge in [-0.1, -0.05) is 39.7 Å². The highest BCUT2D eigenvalue weighted by Crippen LogP contribution is 2.43. The fourth-order valence-corrected chi connectivity index (χ4v) is 3.87. The Morgan fingerprint density at radius 3 is 2.33 bits per heavy atom. The van der Waals surface area contributed by atoms with Gasteiger partial charge in [-0.25, -0.2) is 0 Å². The van der Waals surface area contributed by atoms with Crippen molar-refractivity contribution in [3.8, 4) is 11.5 Å². The third kappa shape index (κ3) is 4.87. The molecule has 0 spiro atoms. The summed E-state index contributed by atoms with van der Waals surface area (Å²) >= 11 is 9.57. The number of benzene rings is 2. The fraction of sp³-hybridized carbons (Fsp3) is 0.333. The number of nitrogens with zero attached hydrogens (tertiary/aromatic N) is 1. The Labute approximate surface area is 168 Å². The second kappa shape index (κ2) is 8.26. The average Bonchev–Trinajstić information content (AvgIpc) is 2.62. The Kier molecular flexibility index (Phi) is 6.20. The molecule has 1 heterocycles. The van der Waals surface area contributed by atoms with Crippen molar-refractivity contribution in [2.24, 2.45) is 0 Å². The van der Waals surface area contributed by atoms with Crippen LogP contribution in [-0.4, -0.2) is 42.5 Å². The van der Waals surface area contributed by atoms with Gasteiger partial charge in [0.05, 0.1) is 11.1 Å². The van der Waals surface area contributed by atoms with Gasteiger partial charge < -0.3 is 15.2 Å². The molecule has 0 aliphatic carbocycles. The molecule has 1 saturated heterocycles. The molecular formula is C18H17BrClF3N2O2. The summed E-state index contributed by atoms with van der Waals surface area (Å²) in [7, 11) is 0. The third-order valence-corrected chi connectivity index (χ3v) is 5.33. The summed E-state index contributed by atoms with van der Waals surface area (Å²) in [5.74, 6) is -0.343. The zero-order valence-corrected chi connectivity index (χ0v) is 16.4. The van der Waals surface area contributed by atoms with Gasteiger partial charge in [0.1, 0.15) is 11.5 Å². The van der Waals surface area contributed by atoms with Crippen LogP contribution in [0.2, 0.25) is 5.02 Å². The lowest BCUT2D eigenvalue weighted by Gasteiger charge is -2.36. The van der Waals surface area contributed by atoms with Gasteiger partial charge in [-0.15, -0.1) is 13.2 Å². The van der Waals surface area contributed by atoms with E-state index in [0.29, 0.717) is 23.1 Å². The first kappa shape index (κ1) is 20.3. The molecule has 1 aliphatic heterocycles. The number of halogens is 5. The Balaban J connectivity index is 2.02. The normalized spacial score (nSPS) is 16.9. The molecule has 0 radical (unpaired) electrons. The molecule has 1 fully saturated rings. The van der Waals surface area contributed by atoms with Crippen molar-refractivity contribution in [1.82, 2.24) is 10.2 Å². The second-order valence-corrected chi connectivity index (χ2v) is 7.36. The Hall–Kier alpha value is -1.48. The SMILES string of the molecule is Oc1c(Cl)ccc(Br)c1[C@H](c1ccc(OC(F)(F)F)cc1)N1CCNCC1. The number of alkyl halides is 3. The molecule has 1 atom stereocenters.